The van der Waals surface area contributed by atoms with Crippen LogP contribution in [0, 0.1) is 0 Å². The highest BCUT2D eigenvalue weighted by molar-refractivity contribution is 5.74. The van der Waals surface area contributed by atoms with Gasteiger partial charge >= 0.3 is 12.0 Å². The monoisotopic (exact) mass is 288 g/mol. The average Bonchev–Trinajstić information content (AvgIpc) is 2.36. The molecule has 0 saturated carbocycles. The lowest BCUT2D eigenvalue weighted by Crippen LogP contribution is -2.50. The predicted octanol–water partition coefficient (Wildman–Crippen LogP) is 0.423. The van der Waals surface area contributed by atoms with Crippen molar-refractivity contribution in [1.29, 1.82) is 0 Å². The van der Waals surface area contributed by atoms with Crippen LogP contribution in [0.25, 0.3) is 0 Å². The van der Waals surface area contributed by atoms with Gasteiger partial charge in [-0.3, -0.25) is 4.79 Å². The number of likely N-dealkylation sites (tertiary alicyclic amines) is 1. The van der Waals surface area contributed by atoms with E-state index in [1.807, 2.05) is 6.92 Å². The summed E-state index contributed by atoms with van der Waals surface area (Å²) in [7, 11) is 0. The zero-order valence-corrected chi connectivity index (χ0v) is 12.1. The van der Waals surface area contributed by atoms with Crippen molar-refractivity contribution in [2.75, 3.05) is 26.2 Å². The Labute approximate surface area is 118 Å². The number of piperidine rings is 1. The van der Waals surface area contributed by atoms with E-state index in [0.29, 0.717) is 19.7 Å². The molecule has 7 heteroatoms. The van der Waals surface area contributed by atoms with E-state index in [9.17, 15) is 14.7 Å². The molecule has 1 heterocycles. The molecule has 1 atom stereocenters. The van der Waals surface area contributed by atoms with Gasteiger partial charge in [0, 0.05) is 26.2 Å². The molecule has 20 heavy (non-hydrogen) atoms. The number of hydrogen-bond donors (Lipinski definition) is 3. The summed E-state index contributed by atoms with van der Waals surface area (Å²) in [6.07, 6.45) is 1.40. The third kappa shape index (κ3) is 5.75. The van der Waals surface area contributed by atoms with Crippen LogP contribution in [0.15, 0.2) is 0 Å². The van der Waals surface area contributed by atoms with E-state index in [1.165, 1.54) is 6.92 Å². The first-order valence-corrected chi connectivity index (χ1v) is 6.92. The highest BCUT2D eigenvalue weighted by atomic mass is 16.5. The van der Waals surface area contributed by atoms with Crippen LogP contribution in [-0.2, 0) is 9.53 Å². The van der Waals surface area contributed by atoms with Crippen LogP contribution >= 0.6 is 0 Å². The van der Waals surface area contributed by atoms with Gasteiger partial charge in [0.1, 0.15) is 0 Å². The molecule has 1 rings (SSSR count). The van der Waals surface area contributed by atoms with E-state index in [4.69, 9.17) is 9.84 Å². The normalized spacial score (nSPS) is 19.4. The van der Waals surface area contributed by atoms with Gasteiger partial charge in [-0.25, -0.2) is 4.79 Å². The van der Waals surface area contributed by atoms with Crippen molar-refractivity contribution in [3.05, 3.63) is 0 Å². The van der Waals surface area contributed by atoms with Crippen LogP contribution in [0.5, 0.6) is 0 Å². The number of nitrogens with zero attached hydrogens (tertiary/aromatic N) is 1. The number of nitrogens with one attached hydrogen (secondary N) is 1. The number of carboxylic acids is 1. The van der Waals surface area contributed by atoms with Crippen LogP contribution in [0.3, 0.4) is 0 Å². The fourth-order valence-corrected chi connectivity index (χ4v) is 2.23. The summed E-state index contributed by atoms with van der Waals surface area (Å²) in [5.41, 5.74) is -1.44. The molecular formula is C13H24N2O5. The Bertz CT molecular complexity index is 338. The smallest absolute Gasteiger partial charge is 0.317 e. The van der Waals surface area contributed by atoms with Crippen molar-refractivity contribution >= 4 is 12.0 Å². The number of ether oxygens (including phenoxy) is 1. The van der Waals surface area contributed by atoms with Gasteiger partial charge in [-0.2, -0.15) is 0 Å². The minimum absolute atomic E-state index is 0.0798. The van der Waals surface area contributed by atoms with Crippen molar-refractivity contribution in [2.24, 2.45) is 0 Å². The predicted molar refractivity (Wildman–Crippen MR) is 72.5 cm³/mol. The zero-order valence-electron chi connectivity index (χ0n) is 12.1. The lowest BCUT2D eigenvalue weighted by atomic mass is 10.0. The molecule has 2 amide bonds. The largest absolute Gasteiger partial charge is 0.481 e. The van der Waals surface area contributed by atoms with Gasteiger partial charge in [-0.05, 0) is 26.7 Å². The van der Waals surface area contributed by atoms with Crippen molar-refractivity contribution in [3.8, 4) is 0 Å². The number of rotatable bonds is 6. The van der Waals surface area contributed by atoms with Crippen molar-refractivity contribution in [2.45, 2.75) is 44.8 Å². The summed E-state index contributed by atoms with van der Waals surface area (Å²) in [4.78, 5) is 24.1. The fourth-order valence-electron chi connectivity index (χ4n) is 2.23. The number of carboxylic acid groups (broad SMARTS) is 1. The summed E-state index contributed by atoms with van der Waals surface area (Å²) in [5.74, 6) is -1.10. The number of amides is 2. The molecule has 0 aromatic rings. The number of aliphatic carboxylic acids is 1. The minimum atomic E-state index is -1.44. The standard InChI is InChI=1S/C13H24N2O5/c1-3-20-10-4-6-15(7-5-10)12(18)14-9-13(2,19)8-11(16)17/h10,19H,3-9H2,1-2H3,(H,14,18)(H,16,17). The molecule has 0 radical (unpaired) electrons. The number of hydrogen-bond acceptors (Lipinski definition) is 4. The zero-order chi connectivity index (χ0) is 15.2. The van der Waals surface area contributed by atoms with Crippen LogP contribution in [-0.4, -0.2) is 65.1 Å². The molecule has 3 N–H and O–H groups in total. The summed E-state index contributed by atoms with van der Waals surface area (Å²) < 4.78 is 5.51. The van der Waals surface area contributed by atoms with E-state index >= 15 is 0 Å². The van der Waals surface area contributed by atoms with Gasteiger partial charge in [0.25, 0.3) is 0 Å². The first-order valence-electron chi connectivity index (χ1n) is 6.92. The number of carbonyl (C=O) groups is 2. The molecule has 1 saturated heterocycles. The van der Waals surface area contributed by atoms with Crippen molar-refractivity contribution in [3.63, 3.8) is 0 Å². The van der Waals surface area contributed by atoms with Gasteiger partial charge in [0.15, 0.2) is 0 Å². The average molecular weight is 288 g/mol. The van der Waals surface area contributed by atoms with Crippen molar-refractivity contribution in [1.82, 2.24) is 10.2 Å². The van der Waals surface area contributed by atoms with Crippen LogP contribution in [0.2, 0.25) is 0 Å². The van der Waals surface area contributed by atoms with Crippen LogP contribution < -0.4 is 5.32 Å². The second kappa shape index (κ2) is 7.44. The van der Waals surface area contributed by atoms with E-state index in [2.05, 4.69) is 5.32 Å². The van der Waals surface area contributed by atoms with E-state index in [-0.39, 0.29) is 18.7 Å². The fraction of sp³-hybridized carbons (Fsp3) is 0.846. The van der Waals surface area contributed by atoms with E-state index < -0.39 is 18.0 Å². The van der Waals surface area contributed by atoms with Crippen molar-refractivity contribution < 1.29 is 24.5 Å². The SMILES string of the molecule is CCOC1CCN(C(=O)NCC(C)(O)CC(=O)O)CC1. The van der Waals surface area contributed by atoms with Gasteiger partial charge in [-0.15, -0.1) is 0 Å². The Balaban J connectivity index is 2.32. The Morgan fingerprint density at radius 2 is 2.00 bits per heavy atom. The first-order chi connectivity index (χ1) is 9.34. The molecule has 1 aliphatic rings. The molecule has 0 spiro atoms. The Hall–Kier alpha value is -1.34. The maximum Gasteiger partial charge on any atom is 0.317 e. The minimum Gasteiger partial charge on any atom is -0.481 e. The molecular weight excluding hydrogens is 264 g/mol. The van der Waals surface area contributed by atoms with Crippen LogP contribution in [0.4, 0.5) is 4.79 Å². The Morgan fingerprint density at radius 3 is 2.50 bits per heavy atom. The molecule has 0 aromatic carbocycles. The maximum atomic E-state index is 11.9. The van der Waals surface area contributed by atoms with Gasteiger partial charge < -0.3 is 25.2 Å². The maximum absolute atomic E-state index is 11.9. The highest BCUT2D eigenvalue weighted by Crippen LogP contribution is 2.14. The van der Waals surface area contributed by atoms with Gasteiger partial charge in [0.05, 0.1) is 18.1 Å². The summed E-state index contributed by atoms with van der Waals surface area (Å²) in [5, 5.41) is 21.0. The third-order valence-electron chi connectivity index (χ3n) is 3.28. The topological polar surface area (TPSA) is 99.1 Å². The molecule has 7 nitrogen and oxygen atoms in total. The lowest BCUT2D eigenvalue weighted by molar-refractivity contribution is -0.141. The summed E-state index contributed by atoms with van der Waals surface area (Å²) in [6, 6.07) is -0.273. The molecule has 1 unspecified atom stereocenters. The summed E-state index contributed by atoms with van der Waals surface area (Å²) >= 11 is 0. The third-order valence-corrected chi connectivity index (χ3v) is 3.28. The second-order valence-electron chi connectivity index (χ2n) is 5.37. The van der Waals surface area contributed by atoms with Gasteiger partial charge in [0.2, 0.25) is 0 Å². The number of carbonyl (C=O) groups excluding carboxylic acids is 1. The molecule has 0 aromatic heterocycles. The van der Waals surface area contributed by atoms with Gasteiger partial charge in [-0.1, -0.05) is 0 Å². The first kappa shape index (κ1) is 16.7. The number of urea groups is 1. The van der Waals surface area contributed by atoms with E-state index in [1.54, 1.807) is 4.90 Å². The quantitative estimate of drug-likeness (QED) is 0.658. The number of aliphatic hydroxyl groups is 1. The molecule has 1 fully saturated rings. The van der Waals surface area contributed by atoms with Crippen LogP contribution in [0.1, 0.15) is 33.1 Å². The Kier molecular flexibility index (Phi) is 6.22. The molecule has 116 valence electrons. The Morgan fingerprint density at radius 1 is 1.40 bits per heavy atom. The van der Waals surface area contributed by atoms with E-state index in [0.717, 1.165) is 12.8 Å². The molecule has 0 aliphatic carbocycles. The molecule has 0 bridgehead atoms. The summed E-state index contributed by atoms with van der Waals surface area (Å²) in [6.45, 7) is 5.15. The molecule has 1 aliphatic heterocycles. The second-order valence-corrected chi connectivity index (χ2v) is 5.37. The lowest BCUT2D eigenvalue weighted by Gasteiger charge is -2.32. The highest BCUT2D eigenvalue weighted by Gasteiger charge is 2.27.